The normalized spacial score (nSPS) is 15.7. The van der Waals surface area contributed by atoms with Gasteiger partial charge in [0.05, 0.1) is 5.56 Å². The minimum Gasteiger partial charge on any atom is -0.340 e. The number of carbonyl (C=O) groups is 1. The number of rotatable bonds is 4. The second kappa shape index (κ2) is 6.93. The fourth-order valence-electron chi connectivity index (χ4n) is 4.32. The number of nitrogens with zero attached hydrogens (tertiary/aromatic N) is 3. The molecule has 1 aliphatic rings. The molecule has 1 aliphatic carbocycles. The van der Waals surface area contributed by atoms with E-state index in [2.05, 4.69) is 45.1 Å². The van der Waals surface area contributed by atoms with Crippen LogP contribution < -0.4 is 5.32 Å². The highest BCUT2D eigenvalue weighted by Crippen LogP contribution is 2.37. The number of nitrogens with one attached hydrogen (secondary N) is 1. The van der Waals surface area contributed by atoms with Gasteiger partial charge in [0.15, 0.2) is 5.82 Å². The van der Waals surface area contributed by atoms with Crippen LogP contribution in [0, 0.1) is 27.7 Å². The third-order valence-corrected chi connectivity index (χ3v) is 5.70. The summed E-state index contributed by atoms with van der Waals surface area (Å²) >= 11 is 0. The summed E-state index contributed by atoms with van der Waals surface area (Å²) in [4.78, 5) is 17.7. The highest BCUT2D eigenvalue weighted by atomic mass is 16.5. The molecule has 2 aromatic heterocycles. The van der Waals surface area contributed by atoms with Crippen LogP contribution in [0.3, 0.4) is 0 Å². The largest absolute Gasteiger partial charge is 0.340 e. The fraction of sp³-hybridized carbons (Fsp3) is 0.409. The van der Waals surface area contributed by atoms with Gasteiger partial charge in [0.2, 0.25) is 5.89 Å². The molecule has 1 fully saturated rings. The zero-order valence-electron chi connectivity index (χ0n) is 16.9. The van der Waals surface area contributed by atoms with Gasteiger partial charge in [0.1, 0.15) is 5.54 Å². The van der Waals surface area contributed by atoms with Crippen molar-refractivity contribution < 1.29 is 9.32 Å². The Morgan fingerprint density at radius 3 is 2.54 bits per heavy atom. The van der Waals surface area contributed by atoms with E-state index in [4.69, 9.17) is 4.52 Å². The van der Waals surface area contributed by atoms with E-state index in [0.29, 0.717) is 17.3 Å². The quantitative estimate of drug-likeness (QED) is 0.735. The Hall–Kier alpha value is -2.89. The van der Waals surface area contributed by atoms with E-state index < -0.39 is 5.54 Å². The molecule has 3 aromatic rings. The molecule has 1 amide bonds. The lowest BCUT2D eigenvalue weighted by atomic mass is 9.96. The lowest BCUT2D eigenvalue weighted by Gasteiger charge is -2.26. The summed E-state index contributed by atoms with van der Waals surface area (Å²) in [6, 6.07) is 10.3. The highest BCUT2D eigenvalue weighted by molar-refractivity contribution is 5.96. The number of amides is 1. The molecule has 6 heteroatoms. The van der Waals surface area contributed by atoms with E-state index in [1.165, 1.54) is 5.56 Å². The first-order chi connectivity index (χ1) is 13.4. The van der Waals surface area contributed by atoms with Crippen LogP contribution in [0.2, 0.25) is 0 Å². The average Bonchev–Trinajstić information content (AvgIpc) is 3.35. The van der Waals surface area contributed by atoms with Crippen LogP contribution in [0.1, 0.15) is 64.7 Å². The van der Waals surface area contributed by atoms with Crippen molar-refractivity contribution >= 4 is 5.91 Å². The molecule has 0 saturated heterocycles. The summed E-state index contributed by atoms with van der Waals surface area (Å²) in [5, 5.41) is 7.36. The van der Waals surface area contributed by atoms with Crippen molar-refractivity contribution in [2.45, 2.75) is 58.9 Å². The maximum absolute atomic E-state index is 13.3. The Labute approximate surface area is 165 Å². The third-order valence-electron chi connectivity index (χ3n) is 5.70. The minimum absolute atomic E-state index is 0.0867. The molecule has 6 nitrogen and oxygen atoms in total. The van der Waals surface area contributed by atoms with E-state index in [1.54, 1.807) is 6.92 Å². The summed E-state index contributed by atoms with van der Waals surface area (Å²) in [6.07, 6.45) is 3.73. The van der Waals surface area contributed by atoms with E-state index >= 15 is 0 Å². The molecule has 4 rings (SSSR count). The average molecular weight is 378 g/mol. The Balaban J connectivity index is 1.68. The number of benzene rings is 1. The van der Waals surface area contributed by atoms with Crippen molar-refractivity contribution in [2.24, 2.45) is 0 Å². The zero-order valence-corrected chi connectivity index (χ0v) is 16.9. The first-order valence-electron chi connectivity index (χ1n) is 9.79. The molecule has 146 valence electrons. The molecule has 1 aromatic carbocycles. The van der Waals surface area contributed by atoms with E-state index in [9.17, 15) is 4.79 Å². The monoisotopic (exact) mass is 378 g/mol. The predicted molar refractivity (Wildman–Crippen MR) is 107 cm³/mol. The lowest BCUT2D eigenvalue weighted by Crippen LogP contribution is -2.44. The second-order valence-corrected chi connectivity index (χ2v) is 7.84. The Bertz CT molecular complexity index is 1030. The molecule has 0 bridgehead atoms. The Morgan fingerprint density at radius 1 is 1.14 bits per heavy atom. The van der Waals surface area contributed by atoms with Crippen molar-refractivity contribution in [3.63, 3.8) is 0 Å². The summed E-state index contributed by atoms with van der Waals surface area (Å²) in [6.45, 7) is 7.86. The first kappa shape index (κ1) is 18.5. The van der Waals surface area contributed by atoms with Gasteiger partial charge in [-0.3, -0.25) is 4.79 Å². The fourth-order valence-corrected chi connectivity index (χ4v) is 4.32. The number of hydrogen-bond acceptors (Lipinski definition) is 4. The van der Waals surface area contributed by atoms with Gasteiger partial charge in [-0.2, -0.15) is 4.98 Å². The van der Waals surface area contributed by atoms with Gasteiger partial charge in [0.25, 0.3) is 5.91 Å². The molecule has 1 N–H and O–H groups in total. The smallest absolute Gasteiger partial charge is 0.253 e. The van der Waals surface area contributed by atoms with Gasteiger partial charge in [-0.15, -0.1) is 0 Å². The number of aromatic nitrogens is 3. The predicted octanol–water partition coefficient (Wildman–Crippen LogP) is 4.29. The lowest BCUT2D eigenvalue weighted by molar-refractivity contribution is 0.0891. The van der Waals surface area contributed by atoms with Crippen LogP contribution in [-0.2, 0) is 5.54 Å². The SMILES string of the molecule is Cc1cccc(-n2c(C)cc(C(=O)NC3(c4noc(C)n4)CCCC3)c2C)c1. The minimum atomic E-state index is -0.541. The zero-order chi connectivity index (χ0) is 19.9. The highest BCUT2D eigenvalue weighted by Gasteiger charge is 2.41. The van der Waals surface area contributed by atoms with Gasteiger partial charge in [-0.1, -0.05) is 30.1 Å². The van der Waals surface area contributed by atoms with E-state index in [0.717, 1.165) is 42.8 Å². The molecule has 1 saturated carbocycles. The maximum Gasteiger partial charge on any atom is 0.253 e. The van der Waals surface area contributed by atoms with Gasteiger partial charge < -0.3 is 14.4 Å². The molecular formula is C22H26N4O2. The molecule has 0 unspecified atom stereocenters. The van der Waals surface area contributed by atoms with Gasteiger partial charge in [-0.05, 0) is 57.4 Å². The van der Waals surface area contributed by atoms with Crippen LogP contribution in [0.5, 0.6) is 0 Å². The summed E-state index contributed by atoms with van der Waals surface area (Å²) in [5.74, 6) is 1.02. The van der Waals surface area contributed by atoms with Crippen molar-refractivity contribution in [1.29, 1.82) is 0 Å². The molecule has 0 aliphatic heterocycles. The summed E-state index contributed by atoms with van der Waals surface area (Å²) in [7, 11) is 0. The number of aryl methyl sites for hydroxylation is 3. The van der Waals surface area contributed by atoms with E-state index in [-0.39, 0.29) is 5.91 Å². The van der Waals surface area contributed by atoms with Crippen LogP contribution in [0.25, 0.3) is 5.69 Å². The topological polar surface area (TPSA) is 73.0 Å². The summed E-state index contributed by atoms with van der Waals surface area (Å²) in [5.41, 5.74) is 4.36. The third kappa shape index (κ3) is 3.13. The van der Waals surface area contributed by atoms with Crippen molar-refractivity contribution in [1.82, 2.24) is 20.0 Å². The van der Waals surface area contributed by atoms with Crippen molar-refractivity contribution in [3.8, 4) is 5.69 Å². The van der Waals surface area contributed by atoms with Crippen LogP contribution in [0.15, 0.2) is 34.9 Å². The van der Waals surface area contributed by atoms with Gasteiger partial charge in [0, 0.05) is 24.0 Å². The molecule has 2 heterocycles. The molecule has 0 radical (unpaired) electrons. The van der Waals surface area contributed by atoms with Crippen LogP contribution in [-0.4, -0.2) is 20.6 Å². The first-order valence-corrected chi connectivity index (χ1v) is 9.79. The van der Waals surface area contributed by atoms with Crippen molar-refractivity contribution in [2.75, 3.05) is 0 Å². The van der Waals surface area contributed by atoms with Gasteiger partial charge >= 0.3 is 0 Å². The molecule has 0 atom stereocenters. The maximum atomic E-state index is 13.3. The van der Waals surface area contributed by atoms with Crippen LogP contribution >= 0.6 is 0 Å². The summed E-state index contributed by atoms with van der Waals surface area (Å²) < 4.78 is 7.32. The molecule has 28 heavy (non-hydrogen) atoms. The standard InChI is InChI=1S/C22H26N4O2/c1-14-8-7-9-18(12-14)26-15(2)13-19(16(26)3)20(27)24-22(10-5-6-11-22)21-23-17(4)28-25-21/h7-9,12-13H,5-6,10-11H2,1-4H3,(H,24,27). The Morgan fingerprint density at radius 2 is 1.89 bits per heavy atom. The van der Waals surface area contributed by atoms with Crippen molar-refractivity contribution in [3.05, 3.63) is 64.6 Å². The Kier molecular flexibility index (Phi) is 4.57. The molecular weight excluding hydrogens is 352 g/mol. The number of carbonyl (C=O) groups excluding carboxylic acids is 1. The van der Waals surface area contributed by atoms with E-state index in [1.807, 2.05) is 26.0 Å². The molecule has 0 spiro atoms. The van der Waals surface area contributed by atoms with Crippen LogP contribution in [0.4, 0.5) is 0 Å². The number of hydrogen-bond donors (Lipinski definition) is 1. The van der Waals surface area contributed by atoms with Gasteiger partial charge in [-0.25, -0.2) is 0 Å². The second-order valence-electron chi connectivity index (χ2n) is 7.84.